The van der Waals surface area contributed by atoms with Crippen molar-refractivity contribution in [3.8, 4) is 0 Å². The van der Waals surface area contributed by atoms with Crippen LogP contribution in [0, 0.1) is 0 Å². The third-order valence-electron chi connectivity index (χ3n) is 2.65. The van der Waals surface area contributed by atoms with Crippen molar-refractivity contribution < 1.29 is 9.59 Å². The van der Waals surface area contributed by atoms with Crippen LogP contribution >= 0.6 is 46.4 Å². The molecular weight excluding hydrogens is 360 g/mol. The van der Waals surface area contributed by atoms with Gasteiger partial charge in [0, 0.05) is 12.6 Å². The molecule has 0 bridgehead atoms. The Morgan fingerprint density at radius 2 is 1.90 bits per heavy atom. The van der Waals surface area contributed by atoms with E-state index in [9.17, 15) is 9.59 Å². The van der Waals surface area contributed by atoms with Gasteiger partial charge in [-0.05, 0) is 18.2 Å². The van der Waals surface area contributed by atoms with E-state index in [0.717, 1.165) is 15.3 Å². The summed E-state index contributed by atoms with van der Waals surface area (Å²) in [6.07, 6.45) is 0. The Morgan fingerprint density at radius 1 is 1.24 bits per heavy atom. The number of anilines is 1. The van der Waals surface area contributed by atoms with E-state index >= 15 is 0 Å². The second-order valence-electron chi connectivity index (χ2n) is 3.95. The van der Waals surface area contributed by atoms with Gasteiger partial charge in [-0.25, -0.2) is 14.7 Å². The summed E-state index contributed by atoms with van der Waals surface area (Å²) >= 11 is 22.9. The van der Waals surface area contributed by atoms with Gasteiger partial charge in [0.25, 0.3) is 5.91 Å². The summed E-state index contributed by atoms with van der Waals surface area (Å²) in [7, 11) is 1.33. The first kappa shape index (κ1) is 16.1. The van der Waals surface area contributed by atoms with E-state index in [2.05, 4.69) is 4.99 Å². The zero-order valence-corrected chi connectivity index (χ0v) is 13.5. The van der Waals surface area contributed by atoms with Gasteiger partial charge in [0.15, 0.2) is 0 Å². The normalized spacial score (nSPS) is 18.1. The molecule has 1 aliphatic rings. The van der Waals surface area contributed by atoms with Gasteiger partial charge in [0.2, 0.25) is 5.84 Å². The monoisotopic (exact) mass is 365 g/mol. The molecule has 1 saturated heterocycles. The molecule has 0 N–H and O–H groups in total. The van der Waals surface area contributed by atoms with Gasteiger partial charge in [-0.15, -0.1) is 0 Å². The molecule has 110 valence electrons. The first-order chi connectivity index (χ1) is 9.86. The van der Waals surface area contributed by atoms with Crippen LogP contribution < -0.4 is 4.90 Å². The molecule has 21 heavy (non-hydrogen) atoms. The lowest BCUT2D eigenvalue weighted by Gasteiger charge is -2.15. The molecular formula is C12H7Cl4N3O2. The van der Waals surface area contributed by atoms with Crippen molar-refractivity contribution in [3.05, 3.63) is 38.9 Å². The molecule has 9 heteroatoms. The SMILES string of the molecule is CN1C(=O)C(=N/C(Cl)=C/Cl)N(c2ccc(Cl)c(Cl)c2)C1=O. The molecule has 0 radical (unpaired) electrons. The standard InChI is InChI=1S/C12H7Cl4N3O2/c1-18-11(20)10(17-9(16)5-13)19(12(18)21)6-2-3-7(14)8(15)4-6/h2-5H,1H3/b9-5+,17-10?. The minimum atomic E-state index is -0.609. The maximum atomic E-state index is 12.2. The highest BCUT2D eigenvalue weighted by Crippen LogP contribution is 2.30. The molecule has 1 fully saturated rings. The van der Waals surface area contributed by atoms with Gasteiger partial charge in [-0.3, -0.25) is 9.69 Å². The van der Waals surface area contributed by atoms with Crippen LogP contribution in [0.1, 0.15) is 0 Å². The molecule has 2 rings (SSSR count). The maximum absolute atomic E-state index is 12.2. The van der Waals surface area contributed by atoms with Crippen LogP contribution in [0.4, 0.5) is 10.5 Å². The number of hydrogen-bond acceptors (Lipinski definition) is 3. The van der Waals surface area contributed by atoms with Gasteiger partial charge in [0.05, 0.1) is 15.7 Å². The minimum absolute atomic E-state index is 0.131. The third kappa shape index (κ3) is 3.01. The lowest BCUT2D eigenvalue weighted by Crippen LogP contribution is -2.31. The highest BCUT2D eigenvalue weighted by Gasteiger charge is 2.41. The van der Waals surface area contributed by atoms with E-state index < -0.39 is 11.9 Å². The van der Waals surface area contributed by atoms with Crippen molar-refractivity contribution in [2.24, 2.45) is 4.99 Å². The molecule has 0 aromatic heterocycles. The van der Waals surface area contributed by atoms with Crippen molar-refractivity contribution in [3.63, 3.8) is 0 Å². The van der Waals surface area contributed by atoms with E-state index in [0.29, 0.717) is 10.7 Å². The summed E-state index contributed by atoms with van der Waals surface area (Å²) < 4.78 is 0. The number of amidine groups is 1. The van der Waals surface area contributed by atoms with Crippen LogP contribution in [0.3, 0.4) is 0 Å². The third-order valence-corrected chi connectivity index (χ3v) is 3.90. The first-order valence-corrected chi connectivity index (χ1v) is 7.05. The molecule has 0 spiro atoms. The Hall–Kier alpha value is -1.27. The van der Waals surface area contributed by atoms with Crippen LogP contribution in [0.15, 0.2) is 33.9 Å². The maximum Gasteiger partial charge on any atom is 0.337 e. The number of likely N-dealkylation sites (N-methyl/N-ethyl adjacent to an activating group) is 1. The molecule has 5 nitrogen and oxygen atoms in total. The highest BCUT2D eigenvalue weighted by atomic mass is 35.5. The number of aliphatic imine (C=N–C) groups is 1. The molecule has 0 saturated carbocycles. The van der Waals surface area contributed by atoms with Crippen LogP contribution in [-0.2, 0) is 4.79 Å². The fourth-order valence-electron chi connectivity index (χ4n) is 1.65. The zero-order valence-electron chi connectivity index (χ0n) is 10.5. The van der Waals surface area contributed by atoms with E-state index in [-0.39, 0.29) is 16.0 Å². The Balaban J connectivity index is 2.57. The number of amides is 3. The lowest BCUT2D eigenvalue weighted by molar-refractivity contribution is -0.119. The van der Waals surface area contributed by atoms with Crippen molar-refractivity contribution in [2.75, 3.05) is 11.9 Å². The van der Waals surface area contributed by atoms with Gasteiger partial charge >= 0.3 is 6.03 Å². The Bertz CT molecular complexity index is 687. The molecule has 0 aliphatic carbocycles. The lowest BCUT2D eigenvalue weighted by atomic mass is 10.3. The predicted octanol–water partition coefficient (Wildman–Crippen LogP) is 4.07. The van der Waals surface area contributed by atoms with Crippen LogP contribution in [0.5, 0.6) is 0 Å². The summed E-state index contributed by atoms with van der Waals surface area (Å²) in [5, 5.41) is 0.430. The molecule has 0 unspecified atom stereocenters. The zero-order chi connectivity index (χ0) is 15.7. The van der Waals surface area contributed by atoms with Crippen molar-refractivity contribution in [1.29, 1.82) is 0 Å². The summed E-state index contributed by atoms with van der Waals surface area (Å²) in [6, 6.07) is 3.90. The van der Waals surface area contributed by atoms with Gasteiger partial charge in [-0.2, -0.15) is 0 Å². The number of benzene rings is 1. The predicted molar refractivity (Wildman–Crippen MR) is 84.3 cm³/mol. The number of carbonyl (C=O) groups is 2. The number of urea groups is 1. The number of imide groups is 1. The van der Waals surface area contributed by atoms with Gasteiger partial charge in [-0.1, -0.05) is 46.4 Å². The Labute approximate surface area is 140 Å². The Kier molecular flexibility index (Phi) is 4.78. The largest absolute Gasteiger partial charge is 0.337 e. The molecule has 1 aromatic rings. The second-order valence-corrected chi connectivity index (χ2v) is 5.37. The summed E-state index contributed by atoms with van der Waals surface area (Å²) in [6.45, 7) is 0. The number of carbonyl (C=O) groups excluding carboxylic acids is 2. The minimum Gasteiger partial charge on any atom is -0.265 e. The van der Waals surface area contributed by atoms with E-state index in [1.807, 2.05) is 0 Å². The average Bonchev–Trinajstić information content (AvgIpc) is 2.66. The van der Waals surface area contributed by atoms with Crippen molar-refractivity contribution in [2.45, 2.75) is 0 Å². The van der Waals surface area contributed by atoms with E-state index in [1.165, 1.54) is 25.2 Å². The average molecular weight is 367 g/mol. The number of nitrogens with zero attached hydrogens (tertiary/aromatic N) is 3. The topological polar surface area (TPSA) is 53.0 Å². The van der Waals surface area contributed by atoms with Crippen molar-refractivity contribution >= 4 is 69.9 Å². The number of hydrogen-bond donors (Lipinski definition) is 0. The molecule has 3 amide bonds. The molecule has 1 aromatic carbocycles. The summed E-state index contributed by atoms with van der Waals surface area (Å²) in [5.74, 6) is -0.787. The Morgan fingerprint density at radius 3 is 2.48 bits per heavy atom. The fraction of sp³-hybridized carbons (Fsp3) is 0.0833. The molecule has 1 heterocycles. The smallest absolute Gasteiger partial charge is 0.265 e. The summed E-state index contributed by atoms with van der Waals surface area (Å²) in [5.41, 5.74) is 1.32. The number of halogens is 4. The van der Waals surface area contributed by atoms with Crippen molar-refractivity contribution in [1.82, 2.24) is 4.90 Å². The first-order valence-electron chi connectivity index (χ1n) is 5.48. The van der Waals surface area contributed by atoms with Gasteiger partial charge in [0.1, 0.15) is 5.16 Å². The molecule has 0 atom stereocenters. The van der Waals surface area contributed by atoms with Crippen LogP contribution in [-0.4, -0.2) is 29.7 Å². The van der Waals surface area contributed by atoms with Crippen LogP contribution in [0.2, 0.25) is 10.0 Å². The van der Waals surface area contributed by atoms with Crippen LogP contribution in [0.25, 0.3) is 0 Å². The van der Waals surface area contributed by atoms with E-state index in [1.54, 1.807) is 0 Å². The quantitative estimate of drug-likeness (QED) is 0.585. The summed E-state index contributed by atoms with van der Waals surface area (Å²) in [4.78, 5) is 30.0. The van der Waals surface area contributed by atoms with Gasteiger partial charge < -0.3 is 0 Å². The second kappa shape index (κ2) is 6.23. The highest BCUT2D eigenvalue weighted by molar-refractivity contribution is 6.55. The fourth-order valence-corrected chi connectivity index (χ4v) is 2.07. The number of rotatable bonds is 2. The van der Waals surface area contributed by atoms with E-state index in [4.69, 9.17) is 46.4 Å². The molecule has 1 aliphatic heterocycles.